The molecule has 2 saturated carbocycles. The van der Waals surface area contributed by atoms with E-state index < -0.39 is 90.8 Å². The second kappa shape index (κ2) is 11.0. The highest BCUT2D eigenvalue weighted by molar-refractivity contribution is 7.92. The van der Waals surface area contributed by atoms with Gasteiger partial charge in [-0.2, -0.15) is 26.3 Å². The highest BCUT2D eigenvalue weighted by Gasteiger charge is 2.74. The summed E-state index contributed by atoms with van der Waals surface area (Å²) >= 11 is 0. The van der Waals surface area contributed by atoms with E-state index in [1.54, 1.807) is 0 Å². The molecule has 7 atom stereocenters. The number of nitrogens with one attached hydrogen (secondary N) is 1. The van der Waals surface area contributed by atoms with E-state index in [-0.39, 0.29) is 55.6 Å². The average molecular weight is 670 g/mol. The van der Waals surface area contributed by atoms with Gasteiger partial charge in [0.1, 0.15) is 16.9 Å². The van der Waals surface area contributed by atoms with Crippen molar-refractivity contribution in [1.29, 1.82) is 0 Å². The topological polar surface area (TPSA) is 121 Å². The number of halogens is 8. The van der Waals surface area contributed by atoms with Crippen LogP contribution in [0.4, 0.5) is 35.1 Å². The van der Waals surface area contributed by atoms with Crippen LogP contribution < -0.4 is 5.32 Å². The summed E-state index contributed by atoms with van der Waals surface area (Å²) in [5.41, 5.74) is -8.32. The van der Waals surface area contributed by atoms with Crippen LogP contribution in [0.1, 0.15) is 42.4 Å². The van der Waals surface area contributed by atoms with Gasteiger partial charge < -0.3 is 20.3 Å². The van der Waals surface area contributed by atoms with Gasteiger partial charge in [-0.25, -0.2) is 17.2 Å². The lowest BCUT2D eigenvalue weighted by molar-refractivity contribution is -0.348. The van der Waals surface area contributed by atoms with Gasteiger partial charge >= 0.3 is 18.0 Å². The molecule has 16 heteroatoms. The second-order valence-corrected chi connectivity index (χ2v) is 14.0. The van der Waals surface area contributed by atoms with Gasteiger partial charge in [-0.15, -0.1) is 0 Å². The summed E-state index contributed by atoms with van der Waals surface area (Å²) in [5.74, 6) is -5.02. The fraction of sp³-hybridized carbons (Fsp3) is 0.517. The lowest BCUT2D eigenvalue weighted by Crippen LogP contribution is -2.53. The van der Waals surface area contributed by atoms with Crippen LogP contribution in [0.2, 0.25) is 0 Å². The first kappa shape index (κ1) is 33.3. The largest absolute Gasteiger partial charge is 0.435 e. The number of amides is 1. The SMILES string of the molecule is O=CC1C[C@@H](NC(=O)[C@H]2C[C@@H](O)[C@@H](O)C2)[C@@H]2CCc3cc(C(F)(C(F)(F)F)C(F)(F)F)ccc3C12S(=O)(=O)c1ccc(F)cc1. The number of hydrogen-bond acceptors (Lipinski definition) is 6. The van der Waals surface area contributed by atoms with Gasteiger partial charge in [0, 0.05) is 29.4 Å². The van der Waals surface area contributed by atoms with E-state index in [2.05, 4.69) is 5.32 Å². The number of carbonyl (C=O) groups is 2. The first-order valence-corrected chi connectivity index (χ1v) is 15.4. The zero-order valence-electron chi connectivity index (χ0n) is 23.1. The van der Waals surface area contributed by atoms with E-state index in [9.17, 15) is 59.0 Å². The molecule has 246 valence electrons. The Morgan fingerprint density at radius 1 is 0.911 bits per heavy atom. The van der Waals surface area contributed by atoms with E-state index in [0.717, 1.165) is 24.3 Å². The molecule has 0 saturated heterocycles. The van der Waals surface area contributed by atoms with E-state index in [1.165, 1.54) is 0 Å². The summed E-state index contributed by atoms with van der Waals surface area (Å²) in [5, 5.41) is 22.4. The fourth-order valence-corrected chi connectivity index (χ4v) is 9.98. The van der Waals surface area contributed by atoms with Crippen LogP contribution in [0.5, 0.6) is 0 Å². The lowest BCUT2D eigenvalue weighted by Gasteiger charge is -2.44. The Balaban J connectivity index is 1.68. The Kier molecular flexibility index (Phi) is 8.13. The third kappa shape index (κ3) is 4.94. The molecule has 2 aromatic rings. The number of fused-ring (bicyclic) bond motifs is 3. The highest BCUT2D eigenvalue weighted by atomic mass is 32.2. The van der Waals surface area contributed by atoms with Crippen molar-refractivity contribution in [3.8, 4) is 0 Å². The summed E-state index contributed by atoms with van der Waals surface area (Å²) in [6.45, 7) is 0. The molecule has 0 radical (unpaired) electrons. The number of sulfone groups is 1. The molecule has 3 aliphatic carbocycles. The average Bonchev–Trinajstić information content (AvgIpc) is 3.48. The van der Waals surface area contributed by atoms with E-state index in [1.807, 2.05) is 0 Å². The van der Waals surface area contributed by atoms with E-state index >= 15 is 4.39 Å². The van der Waals surface area contributed by atoms with Crippen molar-refractivity contribution in [2.75, 3.05) is 0 Å². The van der Waals surface area contributed by atoms with Gasteiger partial charge in [0.05, 0.1) is 17.1 Å². The summed E-state index contributed by atoms with van der Waals surface area (Å²) in [6.07, 6.45) is -16.1. The van der Waals surface area contributed by atoms with Crippen molar-refractivity contribution < 1.29 is 63.3 Å². The Bertz CT molecular complexity index is 1570. The summed E-state index contributed by atoms with van der Waals surface area (Å²) in [7, 11) is -4.83. The standard InChI is InChI=1S/C29H27F8NO6S/c30-18-3-5-19(6-4-18)45(43,44)26-17(13-39)12-22(38-25(42)15-10-23(40)24(41)11-15)21(26)7-1-14-9-16(2-8-20(14)26)27(31,28(32,33)34)29(35,36)37/h2-6,8-9,13,15,17,21-24,40-41H,1,7,10-12H2,(H,38,42)/t15-,17?,21-,22+,23+,24-,26?/m0/s1. The Morgan fingerprint density at radius 3 is 2.02 bits per heavy atom. The molecule has 3 aliphatic rings. The third-order valence-corrected chi connectivity index (χ3v) is 12.1. The molecule has 5 rings (SSSR count). The van der Waals surface area contributed by atoms with Crippen LogP contribution in [-0.2, 0) is 36.3 Å². The zero-order chi connectivity index (χ0) is 33.3. The van der Waals surface area contributed by atoms with Crippen LogP contribution in [0.25, 0.3) is 0 Å². The Labute approximate surface area is 251 Å². The zero-order valence-corrected chi connectivity index (χ0v) is 23.9. The summed E-state index contributed by atoms with van der Waals surface area (Å²) < 4.78 is 137. The number of benzene rings is 2. The number of alkyl halides is 7. The predicted octanol–water partition coefficient (Wildman–Crippen LogP) is 4.18. The molecule has 0 aliphatic heterocycles. The number of carbonyl (C=O) groups excluding carboxylic acids is 2. The van der Waals surface area contributed by atoms with Crippen LogP contribution >= 0.6 is 0 Å². The molecule has 2 fully saturated rings. The maximum atomic E-state index is 15.0. The second-order valence-electron chi connectivity index (χ2n) is 11.8. The van der Waals surface area contributed by atoms with Gasteiger partial charge in [0.15, 0.2) is 9.84 Å². The van der Waals surface area contributed by atoms with Crippen molar-refractivity contribution in [2.24, 2.45) is 17.8 Å². The summed E-state index contributed by atoms with van der Waals surface area (Å²) in [6, 6.07) is 3.52. The van der Waals surface area contributed by atoms with Crippen LogP contribution in [0.15, 0.2) is 47.4 Å². The van der Waals surface area contributed by atoms with Crippen molar-refractivity contribution in [3.63, 3.8) is 0 Å². The third-order valence-electron chi connectivity index (χ3n) is 9.45. The van der Waals surface area contributed by atoms with Gasteiger partial charge in [-0.05, 0) is 67.5 Å². The molecule has 0 bridgehead atoms. The predicted molar refractivity (Wildman–Crippen MR) is 139 cm³/mol. The monoisotopic (exact) mass is 669 g/mol. The number of aryl methyl sites for hydroxylation is 1. The number of aldehydes is 1. The highest BCUT2D eigenvalue weighted by Crippen LogP contribution is 2.61. The molecule has 0 aromatic heterocycles. The van der Waals surface area contributed by atoms with Crippen LogP contribution in [-0.4, -0.2) is 61.4 Å². The molecule has 0 spiro atoms. The van der Waals surface area contributed by atoms with Gasteiger partial charge in [-0.1, -0.05) is 18.2 Å². The van der Waals surface area contributed by atoms with E-state index in [4.69, 9.17) is 0 Å². The van der Waals surface area contributed by atoms with Crippen molar-refractivity contribution in [1.82, 2.24) is 5.32 Å². The number of aliphatic hydroxyl groups excluding tert-OH is 2. The number of rotatable bonds is 6. The van der Waals surface area contributed by atoms with Crippen molar-refractivity contribution in [2.45, 2.75) is 78.0 Å². The van der Waals surface area contributed by atoms with Crippen LogP contribution in [0, 0.1) is 23.6 Å². The molecule has 2 unspecified atom stereocenters. The smallest absolute Gasteiger partial charge is 0.390 e. The molecule has 0 heterocycles. The minimum absolute atomic E-state index is 0.102. The lowest BCUT2D eigenvalue weighted by atomic mass is 9.71. The molecule has 7 nitrogen and oxygen atoms in total. The molecule has 2 aromatic carbocycles. The summed E-state index contributed by atoms with van der Waals surface area (Å²) in [4.78, 5) is 25.3. The molecule has 45 heavy (non-hydrogen) atoms. The number of aliphatic hydroxyl groups is 2. The normalized spacial score (nSPS) is 30.4. The fourth-order valence-electron chi connectivity index (χ4n) is 7.37. The number of hydrogen-bond donors (Lipinski definition) is 3. The molecular weight excluding hydrogens is 642 g/mol. The quantitative estimate of drug-likeness (QED) is 0.241. The first-order valence-electron chi connectivity index (χ1n) is 13.9. The van der Waals surface area contributed by atoms with Gasteiger partial charge in [0.25, 0.3) is 0 Å². The maximum absolute atomic E-state index is 15.0. The minimum Gasteiger partial charge on any atom is -0.390 e. The maximum Gasteiger partial charge on any atom is 0.435 e. The van der Waals surface area contributed by atoms with Crippen molar-refractivity contribution in [3.05, 3.63) is 65.0 Å². The first-order chi connectivity index (χ1) is 20.8. The molecule has 1 amide bonds. The van der Waals surface area contributed by atoms with Gasteiger partial charge in [0.2, 0.25) is 5.91 Å². The van der Waals surface area contributed by atoms with Crippen LogP contribution in [0.3, 0.4) is 0 Å². The Morgan fingerprint density at radius 2 is 1.49 bits per heavy atom. The minimum atomic E-state index is -6.43. The van der Waals surface area contributed by atoms with Gasteiger partial charge in [-0.3, -0.25) is 4.79 Å². The Hall–Kier alpha value is -3.11. The molecular formula is C29H27F8NO6S. The van der Waals surface area contributed by atoms with E-state index in [0.29, 0.717) is 12.1 Å². The van der Waals surface area contributed by atoms with Crippen molar-refractivity contribution >= 4 is 22.0 Å². The molecule has 3 N–H and O–H groups in total.